The lowest BCUT2D eigenvalue weighted by molar-refractivity contribution is 0.0747. The molecule has 4 heteroatoms. The predicted octanol–water partition coefficient (Wildman–Crippen LogP) is 5.41. The van der Waals surface area contributed by atoms with Crippen molar-refractivity contribution in [2.45, 2.75) is 6.54 Å². The number of amides is 1. The summed E-state index contributed by atoms with van der Waals surface area (Å²) in [7, 11) is 0. The molecular weight excluding hydrogens is 394 g/mol. The lowest BCUT2D eigenvalue weighted by atomic mass is 10.1. The number of rotatable bonds is 5. The van der Waals surface area contributed by atoms with E-state index in [0.29, 0.717) is 0 Å². The van der Waals surface area contributed by atoms with Crippen molar-refractivity contribution >= 4 is 28.1 Å². The van der Waals surface area contributed by atoms with Crippen LogP contribution in [0.4, 0.5) is 11.4 Å². The van der Waals surface area contributed by atoms with Crippen molar-refractivity contribution in [2.24, 2.45) is 0 Å². The van der Waals surface area contributed by atoms with Crippen LogP contribution >= 0.6 is 0 Å². The topological polar surface area (TPSA) is 35.6 Å². The fraction of sp³-hybridized carbons (Fsp3) is 0.179. The van der Waals surface area contributed by atoms with Crippen LogP contribution in [0.1, 0.15) is 15.9 Å². The Morgan fingerprint density at radius 3 is 2.16 bits per heavy atom. The number of nitrogens with zero attached hydrogens (tertiary/aromatic N) is 2. The first-order valence-corrected chi connectivity index (χ1v) is 11.2. The second-order valence-corrected chi connectivity index (χ2v) is 8.23. The summed E-state index contributed by atoms with van der Waals surface area (Å²) in [5.41, 5.74) is 4.22. The predicted molar refractivity (Wildman–Crippen MR) is 132 cm³/mol. The average Bonchev–Trinajstić information content (AvgIpc) is 2.88. The van der Waals surface area contributed by atoms with Crippen molar-refractivity contribution in [1.29, 1.82) is 0 Å². The van der Waals surface area contributed by atoms with Gasteiger partial charge in [0.2, 0.25) is 0 Å². The molecule has 0 bridgehead atoms. The number of carbonyl (C=O) groups is 1. The number of anilines is 2. The Labute approximate surface area is 189 Å². The van der Waals surface area contributed by atoms with Gasteiger partial charge in [0, 0.05) is 49.7 Å². The van der Waals surface area contributed by atoms with E-state index in [1.54, 1.807) is 0 Å². The fourth-order valence-corrected chi connectivity index (χ4v) is 4.27. The maximum absolute atomic E-state index is 12.9. The molecule has 32 heavy (non-hydrogen) atoms. The molecule has 0 spiro atoms. The van der Waals surface area contributed by atoms with Crippen LogP contribution in [0.2, 0.25) is 0 Å². The van der Waals surface area contributed by atoms with Gasteiger partial charge in [-0.15, -0.1) is 0 Å². The molecule has 4 aromatic carbocycles. The molecule has 1 fully saturated rings. The van der Waals surface area contributed by atoms with E-state index in [0.717, 1.165) is 44.0 Å². The lowest BCUT2D eigenvalue weighted by Crippen LogP contribution is -2.48. The number of benzene rings is 4. The summed E-state index contributed by atoms with van der Waals surface area (Å²) in [5, 5.41) is 5.97. The first kappa shape index (κ1) is 20.1. The van der Waals surface area contributed by atoms with Gasteiger partial charge in [-0.2, -0.15) is 0 Å². The summed E-state index contributed by atoms with van der Waals surface area (Å²) in [6, 6.07) is 33.2. The van der Waals surface area contributed by atoms with Gasteiger partial charge in [0.1, 0.15) is 0 Å². The summed E-state index contributed by atoms with van der Waals surface area (Å²) in [4.78, 5) is 17.2. The maximum atomic E-state index is 12.9. The van der Waals surface area contributed by atoms with Crippen molar-refractivity contribution in [3.05, 3.63) is 108 Å². The van der Waals surface area contributed by atoms with Gasteiger partial charge in [-0.25, -0.2) is 0 Å². The first-order valence-electron chi connectivity index (χ1n) is 11.2. The summed E-state index contributed by atoms with van der Waals surface area (Å²) in [6.07, 6.45) is 0. The molecule has 0 radical (unpaired) electrons. The highest BCUT2D eigenvalue weighted by Crippen LogP contribution is 2.19. The van der Waals surface area contributed by atoms with E-state index in [4.69, 9.17) is 0 Å². The van der Waals surface area contributed by atoms with Gasteiger partial charge in [-0.3, -0.25) is 4.79 Å². The largest absolute Gasteiger partial charge is 0.381 e. The Kier molecular flexibility index (Phi) is 5.75. The third-order valence-corrected chi connectivity index (χ3v) is 6.13. The number of piperazine rings is 1. The molecule has 1 amide bonds. The third-order valence-electron chi connectivity index (χ3n) is 6.13. The second-order valence-electron chi connectivity index (χ2n) is 8.23. The molecule has 1 aliphatic rings. The summed E-state index contributed by atoms with van der Waals surface area (Å²) >= 11 is 0. The lowest BCUT2D eigenvalue weighted by Gasteiger charge is -2.36. The van der Waals surface area contributed by atoms with Gasteiger partial charge >= 0.3 is 0 Å². The zero-order chi connectivity index (χ0) is 21.8. The maximum Gasteiger partial charge on any atom is 0.253 e. The van der Waals surface area contributed by atoms with Crippen LogP contribution in [-0.4, -0.2) is 37.0 Å². The molecular formula is C28H27N3O. The zero-order valence-electron chi connectivity index (χ0n) is 18.1. The van der Waals surface area contributed by atoms with Crippen LogP contribution < -0.4 is 10.2 Å². The molecule has 0 atom stereocenters. The molecule has 0 aliphatic carbocycles. The fourth-order valence-electron chi connectivity index (χ4n) is 4.27. The van der Waals surface area contributed by atoms with Gasteiger partial charge in [-0.05, 0) is 58.8 Å². The van der Waals surface area contributed by atoms with E-state index in [-0.39, 0.29) is 5.91 Å². The van der Waals surface area contributed by atoms with Crippen LogP contribution in [0.25, 0.3) is 10.8 Å². The van der Waals surface area contributed by atoms with E-state index in [1.165, 1.54) is 22.0 Å². The van der Waals surface area contributed by atoms with E-state index >= 15 is 0 Å². The highest BCUT2D eigenvalue weighted by molar-refractivity contribution is 5.94. The van der Waals surface area contributed by atoms with Gasteiger partial charge in [-0.1, -0.05) is 54.6 Å². The summed E-state index contributed by atoms with van der Waals surface area (Å²) in [5.74, 6) is 0.110. The Morgan fingerprint density at radius 1 is 0.719 bits per heavy atom. The van der Waals surface area contributed by atoms with Gasteiger partial charge in [0.05, 0.1) is 0 Å². The van der Waals surface area contributed by atoms with Gasteiger partial charge in [0.15, 0.2) is 0 Å². The van der Waals surface area contributed by atoms with Crippen LogP contribution in [0, 0.1) is 0 Å². The van der Waals surface area contributed by atoms with Crippen LogP contribution in [0.5, 0.6) is 0 Å². The molecule has 0 unspecified atom stereocenters. The number of fused-ring (bicyclic) bond motifs is 1. The third kappa shape index (κ3) is 4.45. The Bertz CT molecular complexity index is 1200. The minimum atomic E-state index is 0.110. The van der Waals surface area contributed by atoms with Crippen molar-refractivity contribution in [3.63, 3.8) is 0 Å². The number of hydrogen-bond donors (Lipinski definition) is 1. The quantitative estimate of drug-likeness (QED) is 0.468. The molecule has 4 nitrogen and oxygen atoms in total. The van der Waals surface area contributed by atoms with Gasteiger partial charge in [0.25, 0.3) is 5.91 Å². The van der Waals surface area contributed by atoms with E-state index in [1.807, 2.05) is 35.2 Å². The molecule has 0 saturated carbocycles. The highest BCUT2D eigenvalue weighted by atomic mass is 16.2. The van der Waals surface area contributed by atoms with Crippen LogP contribution in [-0.2, 0) is 6.54 Å². The summed E-state index contributed by atoms with van der Waals surface area (Å²) in [6.45, 7) is 3.97. The molecule has 0 aromatic heterocycles. The minimum absolute atomic E-state index is 0.110. The highest BCUT2D eigenvalue weighted by Gasteiger charge is 2.22. The van der Waals surface area contributed by atoms with E-state index in [9.17, 15) is 4.79 Å². The van der Waals surface area contributed by atoms with Crippen LogP contribution in [0.15, 0.2) is 97.1 Å². The average molecular weight is 422 g/mol. The van der Waals surface area contributed by atoms with E-state index in [2.05, 4.69) is 76.9 Å². The monoisotopic (exact) mass is 421 g/mol. The normalized spacial score (nSPS) is 13.9. The Hall–Kier alpha value is -3.79. The second kappa shape index (κ2) is 9.15. The van der Waals surface area contributed by atoms with Crippen molar-refractivity contribution in [1.82, 2.24) is 4.90 Å². The summed E-state index contributed by atoms with van der Waals surface area (Å²) < 4.78 is 0. The van der Waals surface area contributed by atoms with Crippen LogP contribution in [0.3, 0.4) is 0 Å². The molecule has 5 rings (SSSR count). The first-order chi connectivity index (χ1) is 15.8. The number of hydrogen-bond acceptors (Lipinski definition) is 3. The Balaban J connectivity index is 1.17. The number of nitrogens with one attached hydrogen (secondary N) is 1. The smallest absolute Gasteiger partial charge is 0.253 e. The van der Waals surface area contributed by atoms with Crippen molar-refractivity contribution in [2.75, 3.05) is 36.4 Å². The molecule has 1 aliphatic heterocycles. The number of para-hydroxylation sites is 1. The minimum Gasteiger partial charge on any atom is -0.381 e. The van der Waals surface area contributed by atoms with Gasteiger partial charge < -0.3 is 15.1 Å². The molecule has 4 aromatic rings. The molecule has 1 N–H and O–H groups in total. The SMILES string of the molecule is O=C(c1ccc(NCc2ccc3ccccc3c2)cc1)N1CCN(c2ccccc2)CC1. The zero-order valence-corrected chi connectivity index (χ0v) is 18.1. The molecule has 1 heterocycles. The van der Waals surface area contributed by atoms with E-state index < -0.39 is 0 Å². The molecule has 160 valence electrons. The Morgan fingerprint density at radius 2 is 1.41 bits per heavy atom. The van der Waals surface area contributed by atoms with Crippen molar-refractivity contribution < 1.29 is 4.79 Å². The standard InChI is InChI=1S/C28H27N3O/c32-28(31-18-16-30(17-19-31)27-8-2-1-3-9-27)24-12-14-26(15-13-24)29-21-22-10-11-23-6-4-5-7-25(23)20-22/h1-15,20,29H,16-19,21H2. The van der Waals surface area contributed by atoms with Crippen molar-refractivity contribution in [3.8, 4) is 0 Å². The molecule has 1 saturated heterocycles. The number of carbonyl (C=O) groups excluding carboxylic acids is 1.